The fourth-order valence-corrected chi connectivity index (χ4v) is 3.65. The van der Waals surface area contributed by atoms with Gasteiger partial charge in [-0.05, 0) is 49.5 Å². The highest BCUT2D eigenvalue weighted by atomic mass is 35.5. The standard InChI is InChI=1S/C18H14ClN3O3S2/c1-2-25-16(24)10-7-8-13-14(9-10)27-18(20-13)22-17(26)21-15(23)11-5-3-4-6-12(11)19/h3-9H,2H2,1H3,(H2,20,21,22,23,26). The summed E-state index contributed by atoms with van der Waals surface area (Å²) in [6.45, 7) is 2.06. The summed E-state index contributed by atoms with van der Waals surface area (Å²) >= 11 is 12.5. The molecule has 0 saturated heterocycles. The Hall–Kier alpha value is -2.55. The number of nitrogens with zero attached hydrogens (tertiary/aromatic N) is 1. The van der Waals surface area contributed by atoms with Crippen molar-refractivity contribution in [1.29, 1.82) is 0 Å². The molecule has 0 aliphatic heterocycles. The number of nitrogens with one attached hydrogen (secondary N) is 2. The first kappa shape index (κ1) is 19.2. The van der Waals surface area contributed by atoms with E-state index in [1.807, 2.05) is 0 Å². The van der Waals surface area contributed by atoms with Crippen LogP contribution in [-0.4, -0.2) is 28.6 Å². The van der Waals surface area contributed by atoms with E-state index in [-0.39, 0.29) is 11.1 Å². The highest BCUT2D eigenvalue weighted by Gasteiger charge is 2.14. The normalized spacial score (nSPS) is 10.4. The number of esters is 1. The Kier molecular flexibility index (Phi) is 6.00. The maximum absolute atomic E-state index is 12.2. The summed E-state index contributed by atoms with van der Waals surface area (Å²) < 4.78 is 5.79. The molecule has 0 saturated carbocycles. The molecule has 0 bridgehead atoms. The first-order valence-corrected chi connectivity index (χ1v) is 9.52. The van der Waals surface area contributed by atoms with Crippen LogP contribution in [0, 0.1) is 0 Å². The van der Waals surface area contributed by atoms with Gasteiger partial charge < -0.3 is 10.1 Å². The maximum atomic E-state index is 12.2. The van der Waals surface area contributed by atoms with Crippen molar-refractivity contribution in [3.63, 3.8) is 0 Å². The Morgan fingerprint density at radius 2 is 2.04 bits per heavy atom. The number of thiocarbonyl (C=S) groups is 1. The molecule has 3 rings (SSSR count). The van der Waals surface area contributed by atoms with E-state index in [2.05, 4.69) is 15.6 Å². The molecule has 0 fully saturated rings. The Morgan fingerprint density at radius 3 is 2.78 bits per heavy atom. The van der Waals surface area contributed by atoms with Crippen molar-refractivity contribution in [3.8, 4) is 0 Å². The van der Waals surface area contributed by atoms with Crippen LogP contribution in [0.15, 0.2) is 42.5 Å². The summed E-state index contributed by atoms with van der Waals surface area (Å²) in [7, 11) is 0. The van der Waals surface area contributed by atoms with E-state index in [1.54, 1.807) is 49.4 Å². The zero-order chi connectivity index (χ0) is 19.4. The van der Waals surface area contributed by atoms with Crippen LogP contribution in [0.5, 0.6) is 0 Å². The summed E-state index contributed by atoms with van der Waals surface area (Å²) in [4.78, 5) is 28.4. The molecule has 27 heavy (non-hydrogen) atoms. The molecule has 2 aromatic carbocycles. The van der Waals surface area contributed by atoms with E-state index in [1.165, 1.54) is 11.3 Å². The molecule has 2 N–H and O–H groups in total. The minimum atomic E-state index is -0.413. The fourth-order valence-electron chi connectivity index (χ4n) is 2.26. The van der Waals surface area contributed by atoms with Gasteiger partial charge in [0.25, 0.3) is 5.91 Å². The number of hydrogen-bond acceptors (Lipinski definition) is 6. The smallest absolute Gasteiger partial charge is 0.338 e. The van der Waals surface area contributed by atoms with Crippen molar-refractivity contribution in [3.05, 3.63) is 58.6 Å². The lowest BCUT2D eigenvalue weighted by atomic mass is 10.2. The van der Waals surface area contributed by atoms with Gasteiger partial charge in [0.1, 0.15) is 0 Å². The van der Waals surface area contributed by atoms with Gasteiger partial charge in [-0.1, -0.05) is 35.1 Å². The highest BCUT2D eigenvalue weighted by molar-refractivity contribution is 7.80. The number of hydrogen-bond donors (Lipinski definition) is 2. The van der Waals surface area contributed by atoms with Gasteiger partial charge in [0.2, 0.25) is 0 Å². The third kappa shape index (κ3) is 4.60. The second-order valence-corrected chi connectivity index (χ2v) is 7.16. The van der Waals surface area contributed by atoms with E-state index < -0.39 is 5.91 Å². The van der Waals surface area contributed by atoms with Crippen molar-refractivity contribution >= 4 is 67.5 Å². The predicted octanol–water partition coefficient (Wildman–Crippen LogP) is 4.25. The number of thiazole rings is 1. The molecule has 0 aliphatic rings. The van der Waals surface area contributed by atoms with Gasteiger partial charge in [0, 0.05) is 0 Å². The van der Waals surface area contributed by atoms with Crippen molar-refractivity contribution < 1.29 is 14.3 Å². The maximum Gasteiger partial charge on any atom is 0.338 e. The largest absolute Gasteiger partial charge is 0.462 e. The van der Waals surface area contributed by atoms with E-state index in [9.17, 15) is 9.59 Å². The van der Waals surface area contributed by atoms with E-state index in [0.717, 1.165) is 4.70 Å². The molecular weight excluding hydrogens is 406 g/mol. The average Bonchev–Trinajstić information content (AvgIpc) is 3.03. The number of carbonyl (C=O) groups is 2. The number of benzene rings is 2. The van der Waals surface area contributed by atoms with Gasteiger partial charge in [0.05, 0.1) is 33.0 Å². The van der Waals surface area contributed by atoms with Crippen LogP contribution in [0.3, 0.4) is 0 Å². The minimum absolute atomic E-state index is 0.101. The summed E-state index contributed by atoms with van der Waals surface area (Å²) in [6.07, 6.45) is 0. The summed E-state index contributed by atoms with van der Waals surface area (Å²) in [6, 6.07) is 11.8. The Bertz CT molecular complexity index is 1040. The molecule has 0 aliphatic carbocycles. The third-order valence-electron chi connectivity index (χ3n) is 3.47. The van der Waals surface area contributed by atoms with Gasteiger partial charge in [-0.25, -0.2) is 9.78 Å². The van der Waals surface area contributed by atoms with E-state index >= 15 is 0 Å². The Balaban J connectivity index is 1.70. The SMILES string of the molecule is CCOC(=O)c1ccc2nc(NC(=S)NC(=O)c3ccccc3Cl)sc2c1. The summed E-state index contributed by atoms with van der Waals surface area (Å²) in [5, 5.41) is 6.37. The number of carbonyl (C=O) groups excluding carboxylic acids is 2. The number of amides is 1. The molecule has 9 heteroatoms. The number of aromatic nitrogens is 1. The van der Waals surface area contributed by atoms with Crippen LogP contribution in [0.25, 0.3) is 10.2 Å². The van der Waals surface area contributed by atoms with Crippen LogP contribution >= 0.6 is 35.2 Å². The zero-order valence-corrected chi connectivity index (χ0v) is 16.5. The zero-order valence-electron chi connectivity index (χ0n) is 14.1. The third-order valence-corrected chi connectivity index (χ3v) is 4.93. The highest BCUT2D eigenvalue weighted by Crippen LogP contribution is 2.27. The fraction of sp³-hybridized carbons (Fsp3) is 0.111. The number of anilines is 1. The first-order valence-electron chi connectivity index (χ1n) is 7.92. The quantitative estimate of drug-likeness (QED) is 0.486. The molecule has 1 heterocycles. The van der Waals surface area contributed by atoms with E-state index in [4.69, 9.17) is 28.6 Å². The molecule has 1 amide bonds. The van der Waals surface area contributed by atoms with Crippen LogP contribution in [0.2, 0.25) is 5.02 Å². The molecule has 0 unspecified atom stereocenters. The Labute approximate surface area is 169 Å². The van der Waals surface area contributed by atoms with Crippen LogP contribution in [-0.2, 0) is 4.74 Å². The molecule has 0 atom stereocenters. The van der Waals surface area contributed by atoms with Gasteiger partial charge in [-0.15, -0.1) is 0 Å². The lowest BCUT2D eigenvalue weighted by Crippen LogP contribution is -2.34. The number of fused-ring (bicyclic) bond motifs is 1. The van der Waals surface area contributed by atoms with Crippen molar-refractivity contribution in [2.45, 2.75) is 6.92 Å². The lowest BCUT2D eigenvalue weighted by molar-refractivity contribution is 0.0526. The summed E-state index contributed by atoms with van der Waals surface area (Å²) in [5.41, 5.74) is 1.48. The van der Waals surface area contributed by atoms with Crippen molar-refractivity contribution in [2.75, 3.05) is 11.9 Å². The van der Waals surface area contributed by atoms with Gasteiger partial charge in [-0.3, -0.25) is 10.1 Å². The lowest BCUT2D eigenvalue weighted by Gasteiger charge is -2.08. The molecule has 1 aromatic heterocycles. The van der Waals surface area contributed by atoms with Crippen molar-refractivity contribution in [1.82, 2.24) is 10.3 Å². The Morgan fingerprint density at radius 1 is 1.26 bits per heavy atom. The van der Waals surface area contributed by atoms with Crippen LogP contribution in [0.4, 0.5) is 5.13 Å². The van der Waals surface area contributed by atoms with Crippen LogP contribution in [0.1, 0.15) is 27.6 Å². The summed E-state index contributed by atoms with van der Waals surface area (Å²) in [5.74, 6) is -0.798. The first-order chi connectivity index (χ1) is 13.0. The van der Waals surface area contributed by atoms with Crippen LogP contribution < -0.4 is 10.6 Å². The molecule has 0 radical (unpaired) electrons. The number of halogens is 1. The molecule has 3 aromatic rings. The molecule has 138 valence electrons. The van der Waals surface area contributed by atoms with Gasteiger partial charge in [0.15, 0.2) is 10.2 Å². The van der Waals surface area contributed by atoms with E-state index in [0.29, 0.717) is 33.4 Å². The molecule has 6 nitrogen and oxygen atoms in total. The van der Waals surface area contributed by atoms with Gasteiger partial charge in [-0.2, -0.15) is 0 Å². The number of rotatable bonds is 4. The van der Waals surface area contributed by atoms with Crippen molar-refractivity contribution in [2.24, 2.45) is 0 Å². The topological polar surface area (TPSA) is 80.3 Å². The monoisotopic (exact) mass is 419 g/mol. The average molecular weight is 420 g/mol. The molecule has 0 spiro atoms. The second-order valence-electron chi connectivity index (χ2n) is 5.31. The molecular formula is C18H14ClN3O3S2. The minimum Gasteiger partial charge on any atom is -0.462 e. The second kappa shape index (κ2) is 8.43. The van der Waals surface area contributed by atoms with Gasteiger partial charge >= 0.3 is 5.97 Å². The predicted molar refractivity (Wildman–Crippen MR) is 111 cm³/mol. The number of ether oxygens (including phenoxy) is 1.